The van der Waals surface area contributed by atoms with Crippen molar-refractivity contribution in [2.45, 2.75) is 19.1 Å². The Labute approximate surface area is 162 Å². The minimum atomic E-state index is -4.70. The molecule has 0 radical (unpaired) electrons. The Morgan fingerprint density at radius 1 is 1.11 bits per heavy atom. The number of aromatic nitrogens is 2. The molecule has 2 aromatic carbocycles. The first kappa shape index (κ1) is 19.9. The van der Waals surface area contributed by atoms with Crippen LogP contribution in [-0.4, -0.2) is 20.4 Å². The van der Waals surface area contributed by atoms with Gasteiger partial charge in [0.25, 0.3) is 5.91 Å². The van der Waals surface area contributed by atoms with E-state index in [9.17, 15) is 22.4 Å². The van der Waals surface area contributed by atoms with Gasteiger partial charge in [0.05, 0.1) is 6.54 Å². The number of halogens is 4. The first-order valence-electron chi connectivity index (χ1n) is 7.96. The first-order valence-corrected chi connectivity index (χ1v) is 8.36. The Hall–Kier alpha value is -2.88. The van der Waals surface area contributed by atoms with Gasteiger partial charge in [0.2, 0.25) is 0 Å². The van der Waals surface area contributed by atoms with Crippen molar-refractivity contribution in [3.8, 4) is 0 Å². The molecule has 0 bridgehead atoms. The van der Waals surface area contributed by atoms with Gasteiger partial charge in [0.1, 0.15) is 5.82 Å². The van der Waals surface area contributed by atoms with Gasteiger partial charge in [-0.3, -0.25) is 9.10 Å². The van der Waals surface area contributed by atoms with Crippen molar-refractivity contribution < 1.29 is 26.9 Å². The quantitative estimate of drug-likeness (QED) is 0.502. The molecule has 0 fully saturated rings. The number of nitrogens with zero attached hydrogens (tertiary/aromatic N) is 3. The summed E-state index contributed by atoms with van der Waals surface area (Å²) in [5.74, 6) is -2.34. The second-order valence-corrected chi connectivity index (χ2v) is 6.36. The van der Waals surface area contributed by atoms with Crippen molar-refractivity contribution in [1.82, 2.24) is 14.4 Å². The van der Waals surface area contributed by atoms with Crippen molar-refractivity contribution >= 4 is 18.7 Å². The van der Waals surface area contributed by atoms with Crippen molar-refractivity contribution in [1.29, 1.82) is 0 Å². The zero-order valence-electron chi connectivity index (χ0n) is 14.2. The summed E-state index contributed by atoms with van der Waals surface area (Å²) in [5, 5.41) is 3.29. The van der Waals surface area contributed by atoms with Crippen molar-refractivity contribution in [2.24, 2.45) is 0 Å². The van der Waals surface area contributed by atoms with Crippen LogP contribution in [0.4, 0.5) is 17.6 Å². The molecule has 28 heavy (non-hydrogen) atoms. The van der Waals surface area contributed by atoms with Gasteiger partial charge in [-0.05, 0) is 35.4 Å². The second kappa shape index (κ2) is 8.01. The van der Waals surface area contributed by atoms with Crippen molar-refractivity contribution in [3.05, 3.63) is 82.8 Å². The summed E-state index contributed by atoms with van der Waals surface area (Å²) in [5.41, 5.74) is 1.50. The summed E-state index contributed by atoms with van der Waals surface area (Å²) in [6.07, 6.45) is -4.68. The Morgan fingerprint density at radius 3 is 2.43 bits per heavy atom. The minimum Gasteiger partial charge on any atom is -0.329 e. The van der Waals surface area contributed by atoms with E-state index in [0.717, 1.165) is 4.31 Å². The van der Waals surface area contributed by atoms with Gasteiger partial charge in [-0.2, -0.15) is 18.2 Å². The average Bonchev–Trinajstić information content (AvgIpc) is 3.11. The largest absolute Gasteiger partial charge is 0.471 e. The maximum atomic E-state index is 13.2. The monoisotopic (exact) mass is 411 g/mol. The molecule has 1 heterocycles. The standard InChI is InChI=1S/C18H13F4N3O2S/c19-14-3-1-2-12(8-14)10-25(28)16(26)13-6-4-11(5-7-13)9-15-23-17(27-24-15)18(20,21)22/h1-8,28H,9-10H2. The number of rotatable bonds is 5. The van der Waals surface area contributed by atoms with Gasteiger partial charge in [0, 0.05) is 12.0 Å². The molecule has 0 unspecified atom stereocenters. The molecule has 0 aliphatic heterocycles. The molecule has 1 aromatic heterocycles. The Balaban J connectivity index is 1.64. The molecule has 0 aliphatic carbocycles. The predicted molar refractivity (Wildman–Crippen MR) is 93.8 cm³/mol. The van der Waals surface area contributed by atoms with Crippen LogP contribution in [0.25, 0.3) is 0 Å². The number of hydrogen-bond donors (Lipinski definition) is 1. The van der Waals surface area contributed by atoms with E-state index >= 15 is 0 Å². The van der Waals surface area contributed by atoms with E-state index in [2.05, 4.69) is 27.5 Å². The predicted octanol–water partition coefficient (Wildman–Crippen LogP) is 4.31. The fraction of sp³-hybridized carbons (Fsp3) is 0.167. The summed E-state index contributed by atoms with van der Waals surface area (Å²) in [6.45, 7) is 0.102. The normalized spacial score (nSPS) is 11.5. The van der Waals surface area contributed by atoms with Gasteiger partial charge in [0.15, 0.2) is 5.82 Å². The molecular weight excluding hydrogens is 398 g/mol. The van der Waals surface area contributed by atoms with Crippen LogP contribution in [0.15, 0.2) is 53.1 Å². The molecule has 10 heteroatoms. The third kappa shape index (κ3) is 4.89. The van der Waals surface area contributed by atoms with E-state index in [-0.39, 0.29) is 18.8 Å². The zero-order chi connectivity index (χ0) is 20.3. The Kier molecular flexibility index (Phi) is 5.68. The Morgan fingerprint density at radius 2 is 1.82 bits per heavy atom. The third-order valence-corrected chi connectivity index (χ3v) is 4.05. The molecule has 3 rings (SSSR count). The molecule has 146 valence electrons. The minimum absolute atomic E-state index is 0.0158. The van der Waals surface area contributed by atoms with Gasteiger partial charge in [-0.15, -0.1) is 0 Å². The van der Waals surface area contributed by atoms with E-state index in [1.54, 1.807) is 18.2 Å². The SMILES string of the molecule is O=C(c1ccc(Cc2noc(C(F)(F)F)n2)cc1)N(S)Cc1cccc(F)c1. The van der Waals surface area contributed by atoms with E-state index in [0.29, 0.717) is 16.7 Å². The lowest BCUT2D eigenvalue weighted by atomic mass is 10.1. The number of carbonyl (C=O) groups excluding carboxylic acids is 1. The highest BCUT2D eigenvalue weighted by molar-refractivity contribution is 7.78. The molecule has 0 saturated heterocycles. The lowest BCUT2D eigenvalue weighted by Gasteiger charge is -2.16. The van der Waals surface area contributed by atoms with Crippen LogP contribution in [0.3, 0.4) is 0 Å². The lowest BCUT2D eigenvalue weighted by Crippen LogP contribution is -2.21. The fourth-order valence-electron chi connectivity index (χ4n) is 2.42. The Bertz CT molecular complexity index is 973. The van der Waals surface area contributed by atoms with E-state index in [4.69, 9.17) is 0 Å². The van der Waals surface area contributed by atoms with Gasteiger partial charge in [-0.25, -0.2) is 4.39 Å². The van der Waals surface area contributed by atoms with Crippen molar-refractivity contribution in [3.63, 3.8) is 0 Å². The molecule has 0 atom stereocenters. The summed E-state index contributed by atoms with van der Waals surface area (Å²) in [6, 6.07) is 12.0. The van der Waals surface area contributed by atoms with Crippen molar-refractivity contribution in [2.75, 3.05) is 0 Å². The molecule has 1 amide bonds. The molecule has 0 aliphatic rings. The molecule has 3 aromatic rings. The van der Waals surface area contributed by atoms with Gasteiger partial charge >= 0.3 is 12.1 Å². The highest BCUT2D eigenvalue weighted by Gasteiger charge is 2.38. The zero-order valence-corrected chi connectivity index (χ0v) is 15.0. The highest BCUT2D eigenvalue weighted by Crippen LogP contribution is 2.27. The number of amides is 1. The second-order valence-electron chi connectivity index (χ2n) is 5.88. The van der Waals surface area contributed by atoms with Crippen LogP contribution < -0.4 is 0 Å². The van der Waals surface area contributed by atoms with Crippen LogP contribution in [0, 0.1) is 5.82 Å². The number of thiol groups is 1. The molecule has 0 spiro atoms. The highest BCUT2D eigenvalue weighted by atomic mass is 32.1. The maximum Gasteiger partial charge on any atom is 0.471 e. The average molecular weight is 411 g/mol. The number of hydrogen-bond acceptors (Lipinski definition) is 5. The summed E-state index contributed by atoms with van der Waals surface area (Å²) in [4.78, 5) is 15.7. The van der Waals surface area contributed by atoms with Crippen LogP contribution in [0.2, 0.25) is 0 Å². The van der Waals surface area contributed by atoms with E-state index < -0.39 is 23.8 Å². The van der Waals surface area contributed by atoms with E-state index in [1.807, 2.05) is 0 Å². The van der Waals surface area contributed by atoms with E-state index in [1.165, 1.54) is 30.3 Å². The summed E-state index contributed by atoms with van der Waals surface area (Å²) in [7, 11) is 0. The van der Waals surface area contributed by atoms with Crippen LogP contribution >= 0.6 is 12.8 Å². The van der Waals surface area contributed by atoms with Crippen LogP contribution in [0.1, 0.15) is 33.2 Å². The van der Waals surface area contributed by atoms with Crippen LogP contribution in [0.5, 0.6) is 0 Å². The van der Waals surface area contributed by atoms with Gasteiger partial charge in [-0.1, -0.05) is 42.2 Å². The number of benzene rings is 2. The molecule has 0 saturated carbocycles. The molecular formula is C18H13F4N3O2S. The van der Waals surface area contributed by atoms with Gasteiger partial charge < -0.3 is 4.52 Å². The first-order chi connectivity index (χ1) is 13.2. The summed E-state index contributed by atoms with van der Waals surface area (Å²) >= 11 is 4.14. The smallest absolute Gasteiger partial charge is 0.329 e. The number of alkyl halides is 3. The number of carbonyl (C=O) groups is 1. The third-order valence-electron chi connectivity index (χ3n) is 3.73. The van der Waals surface area contributed by atoms with Crippen LogP contribution in [-0.2, 0) is 19.1 Å². The maximum absolute atomic E-state index is 13.2. The molecule has 0 N–H and O–H groups in total. The lowest BCUT2D eigenvalue weighted by molar-refractivity contribution is -0.159. The molecule has 5 nitrogen and oxygen atoms in total. The fourth-order valence-corrected chi connectivity index (χ4v) is 2.70. The topological polar surface area (TPSA) is 59.2 Å². The summed E-state index contributed by atoms with van der Waals surface area (Å²) < 4.78 is 55.9.